The molecule has 1 aromatic rings. The van der Waals surface area contributed by atoms with Gasteiger partial charge in [0.05, 0.1) is 13.2 Å². The lowest BCUT2D eigenvalue weighted by Crippen LogP contribution is -2.35. The maximum absolute atomic E-state index is 14.6. The number of ether oxygens (including phenoxy) is 4. The molecular weight excluding hydrogens is 342 g/mol. The van der Waals surface area contributed by atoms with Crippen molar-refractivity contribution in [2.75, 3.05) is 13.2 Å². The molecule has 2 fully saturated rings. The van der Waals surface area contributed by atoms with Crippen LogP contribution in [0.1, 0.15) is 49.7 Å². The molecular formula is C18H26BFO6. The predicted octanol–water partition coefficient (Wildman–Crippen LogP) is 1.59. The van der Waals surface area contributed by atoms with Gasteiger partial charge in [-0.3, -0.25) is 0 Å². The molecule has 2 aliphatic rings. The quantitative estimate of drug-likeness (QED) is 0.712. The molecule has 0 amide bonds. The van der Waals surface area contributed by atoms with Crippen LogP contribution in [0.25, 0.3) is 0 Å². The van der Waals surface area contributed by atoms with Gasteiger partial charge < -0.3 is 29.0 Å². The number of benzene rings is 1. The van der Waals surface area contributed by atoms with Crippen molar-refractivity contribution in [1.29, 1.82) is 0 Å². The van der Waals surface area contributed by atoms with E-state index in [1.54, 1.807) is 0 Å². The van der Waals surface area contributed by atoms with Gasteiger partial charge in [0.25, 0.3) is 0 Å². The van der Waals surface area contributed by atoms with E-state index in [0.29, 0.717) is 18.8 Å². The van der Waals surface area contributed by atoms with E-state index in [2.05, 4.69) is 0 Å². The van der Waals surface area contributed by atoms with Crippen LogP contribution in [0.15, 0.2) is 12.1 Å². The third-order valence-electron chi connectivity index (χ3n) is 4.69. The van der Waals surface area contributed by atoms with Crippen molar-refractivity contribution in [3.8, 4) is 0 Å². The van der Waals surface area contributed by atoms with E-state index in [-0.39, 0.29) is 36.8 Å². The molecule has 2 N–H and O–H groups in total. The van der Waals surface area contributed by atoms with Crippen LogP contribution in [0.2, 0.25) is 0 Å². The highest BCUT2D eigenvalue weighted by atomic mass is 19.1. The van der Waals surface area contributed by atoms with Crippen LogP contribution in [0.5, 0.6) is 0 Å². The first-order chi connectivity index (χ1) is 12.6. The molecule has 2 unspecified atom stereocenters. The Morgan fingerprint density at radius 1 is 0.962 bits per heavy atom. The lowest BCUT2D eigenvalue weighted by Gasteiger charge is -2.24. The van der Waals surface area contributed by atoms with Crippen LogP contribution in [0.3, 0.4) is 0 Å². The molecule has 2 atom stereocenters. The van der Waals surface area contributed by atoms with E-state index >= 15 is 0 Å². The highest BCUT2D eigenvalue weighted by Gasteiger charge is 2.23. The average Bonchev–Trinajstić information content (AvgIpc) is 2.66. The zero-order chi connectivity index (χ0) is 18.4. The van der Waals surface area contributed by atoms with E-state index in [9.17, 15) is 14.4 Å². The van der Waals surface area contributed by atoms with Gasteiger partial charge in [-0.15, -0.1) is 0 Å². The summed E-state index contributed by atoms with van der Waals surface area (Å²) in [6, 6.07) is 2.88. The normalized spacial score (nSPS) is 23.8. The summed E-state index contributed by atoms with van der Waals surface area (Å²) in [6.07, 6.45) is 4.96. The number of halogens is 1. The molecule has 2 saturated heterocycles. The van der Waals surface area contributed by atoms with Gasteiger partial charge in [-0.2, -0.15) is 0 Å². The first-order valence-electron chi connectivity index (χ1n) is 9.27. The number of hydrogen-bond donors (Lipinski definition) is 2. The number of rotatable bonds is 7. The molecule has 26 heavy (non-hydrogen) atoms. The van der Waals surface area contributed by atoms with Crippen LogP contribution >= 0.6 is 0 Å². The molecule has 3 rings (SSSR count). The Labute approximate surface area is 153 Å². The van der Waals surface area contributed by atoms with Crippen LogP contribution < -0.4 is 5.46 Å². The first kappa shape index (κ1) is 19.7. The minimum Gasteiger partial charge on any atom is -0.423 e. The van der Waals surface area contributed by atoms with Gasteiger partial charge >= 0.3 is 7.12 Å². The van der Waals surface area contributed by atoms with Crippen molar-refractivity contribution in [3.63, 3.8) is 0 Å². The number of hydrogen-bond acceptors (Lipinski definition) is 6. The lowest BCUT2D eigenvalue weighted by molar-refractivity contribution is -0.169. The third-order valence-corrected chi connectivity index (χ3v) is 4.69. The second-order valence-corrected chi connectivity index (χ2v) is 6.73. The molecule has 0 saturated carbocycles. The molecule has 0 radical (unpaired) electrons. The van der Waals surface area contributed by atoms with Gasteiger partial charge in [0.1, 0.15) is 5.82 Å². The summed E-state index contributed by atoms with van der Waals surface area (Å²) >= 11 is 0. The molecule has 2 heterocycles. The van der Waals surface area contributed by atoms with E-state index < -0.39 is 12.9 Å². The van der Waals surface area contributed by atoms with Gasteiger partial charge in [-0.1, -0.05) is 6.07 Å². The Hall–Kier alpha value is -1.03. The molecule has 8 heteroatoms. The molecule has 1 aromatic carbocycles. The summed E-state index contributed by atoms with van der Waals surface area (Å²) in [5, 5.41) is 19.3. The van der Waals surface area contributed by atoms with Crippen molar-refractivity contribution in [1.82, 2.24) is 0 Å². The summed E-state index contributed by atoms with van der Waals surface area (Å²) in [6.45, 7) is 1.37. The van der Waals surface area contributed by atoms with Crippen molar-refractivity contribution in [2.45, 2.75) is 64.3 Å². The standard InChI is InChI=1S/C18H26BFO6/c20-16-10-13(11-25-17-5-1-3-7-23-17)9-15(19(21)22)14(16)12-26-18-6-2-4-8-24-18/h9-10,17-18,21-22H,1-8,11-12H2. The Balaban J connectivity index is 1.64. The molecule has 0 spiro atoms. The van der Waals surface area contributed by atoms with E-state index in [1.807, 2.05) is 0 Å². The topological polar surface area (TPSA) is 77.4 Å². The zero-order valence-electron chi connectivity index (χ0n) is 14.9. The fourth-order valence-corrected chi connectivity index (χ4v) is 3.23. The van der Waals surface area contributed by atoms with Crippen molar-refractivity contribution < 1.29 is 33.4 Å². The molecule has 0 aliphatic carbocycles. The van der Waals surface area contributed by atoms with Crippen molar-refractivity contribution in [2.24, 2.45) is 0 Å². The minimum atomic E-state index is -1.79. The monoisotopic (exact) mass is 368 g/mol. The van der Waals surface area contributed by atoms with Crippen molar-refractivity contribution >= 4 is 12.6 Å². The molecule has 144 valence electrons. The Kier molecular flexibility index (Phi) is 7.42. The third kappa shape index (κ3) is 5.48. The van der Waals surface area contributed by atoms with E-state index in [1.165, 1.54) is 12.1 Å². The van der Waals surface area contributed by atoms with Crippen LogP contribution in [-0.4, -0.2) is 43.0 Å². The summed E-state index contributed by atoms with van der Waals surface area (Å²) in [4.78, 5) is 0. The molecule has 2 aliphatic heterocycles. The largest absolute Gasteiger partial charge is 0.488 e. The lowest BCUT2D eigenvalue weighted by atomic mass is 9.76. The Bertz CT molecular complexity index is 573. The van der Waals surface area contributed by atoms with Crippen molar-refractivity contribution in [3.05, 3.63) is 29.1 Å². The second-order valence-electron chi connectivity index (χ2n) is 6.73. The zero-order valence-corrected chi connectivity index (χ0v) is 14.9. The SMILES string of the molecule is OB(O)c1cc(COC2CCCCO2)cc(F)c1COC1CCCCO1. The van der Waals surface area contributed by atoms with Crippen LogP contribution in [0, 0.1) is 5.82 Å². The second kappa shape index (κ2) is 9.78. The molecule has 0 bridgehead atoms. The molecule has 0 aromatic heterocycles. The highest BCUT2D eigenvalue weighted by Crippen LogP contribution is 2.19. The van der Waals surface area contributed by atoms with Gasteiger partial charge in [0.15, 0.2) is 12.6 Å². The van der Waals surface area contributed by atoms with Crippen LogP contribution in [-0.2, 0) is 32.2 Å². The Morgan fingerprint density at radius 3 is 2.12 bits per heavy atom. The summed E-state index contributed by atoms with van der Waals surface area (Å²) in [7, 11) is -1.79. The van der Waals surface area contributed by atoms with Gasteiger partial charge in [0.2, 0.25) is 0 Å². The summed E-state index contributed by atoms with van der Waals surface area (Å²) in [5.74, 6) is -0.547. The summed E-state index contributed by atoms with van der Waals surface area (Å²) < 4.78 is 36.8. The fraction of sp³-hybridized carbons (Fsp3) is 0.667. The van der Waals surface area contributed by atoms with Crippen LogP contribution in [0.4, 0.5) is 4.39 Å². The first-order valence-corrected chi connectivity index (χ1v) is 9.27. The Morgan fingerprint density at radius 2 is 1.58 bits per heavy atom. The van der Waals surface area contributed by atoms with E-state index in [4.69, 9.17) is 18.9 Å². The predicted molar refractivity (Wildman–Crippen MR) is 93.0 cm³/mol. The minimum absolute atomic E-state index is 0.0731. The van der Waals surface area contributed by atoms with Gasteiger partial charge in [-0.25, -0.2) is 4.39 Å². The summed E-state index contributed by atoms with van der Waals surface area (Å²) in [5.41, 5.74) is 0.744. The molecule has 6 nitrogen and oxygen atoms in total. The maximum Gasteiger partial charge on any atom is 0.488 e. The van der Waals surface area contributed by atoms with Gasteiger partial charge in [0, 0.05) is 18.8 Å². The smallest absolute Gasteiger partial charge is 0.423 e. The van der Waals surface area contributed by atoms with Gasteiger partial charge in [-0.05, 0) is 55.6 Å². The average molecular weight is 368 g/mol. The maximum atomic E-state index is 14.6. The fourth-order valence-electron chi connectivity index (χ4n) is 3.23. The highest BCUT2D eigenvalue weighted by molar-refractivity contribution is 6.59. The van der Waals surface area contributed by atoms with E-state index in [0.717, 1.165) is 38.5 Å².